The summed E-state index contributed by atoms with van der Waals surface area (Å²) < 4.78 is 0. The number of nitrogens with one attached hydrogen (secondary N) is 2. The molecule has 5 heterocycles. The number of benzene rings is 1. The highest BCUT2D eigenvalue weighted by molar-refractivity contribution is 5.96. The fourth-order valence-electron chi connectivity index (χ4n) is 6.83. The SMILES string of the molecule is C=C(CC(C)(C)C)NC1(C)CCN(c2cccnc2NC(=C)c2nc(-c3nc(N4CCCCC4)cc4ccccc34)cnc2N)CC1. The van der Waals surface area contributed by atoms with Crippen LogP contribution in [-0.2, 0) is 0 Å². The number of nitrogen functional groups attached to an aromatic ring is 1. The molecule has 9 nitrogen and oxygen atoms in total. The minimum atomic E-state index is 0.00617. The Morgan fingerprint density at radius 3 is 2.43 bits per heavy atom. The predicted octanol–water partition coefficient (Wildman–Crippen LogP) is 7.64. The summed E-state index contributed by atoms with van der Waals surface area (Å²) in [4.78, 5) is 24.2. The van der Waals surface area contributed by atoms with Gasteiger partial charge in [0, 0.05) is 49.0 Å². The second-order valence-corrected chi connectivity index (χ2v) is 14.6. The third-order valence-corrected chi connectivity index (χ3v) is 9.22. The molecule has 0 amide bonds. The van der Waals surface area contributed by atoms with Crippen molar-refractivity contribution in [1.29, 1.82) is 0 Å². The molecule has 0 spiro atoms. The molecule has 3 aromatic heterocycles. The molecule has 2 fully saturated rings. The molecule has 1 aromatic carbocycles. The maximum absolute atomic E-state index is 6.42. The molecular weight excluding hydrogens is 582 g/mol. The van der Waals surface area contributed by atoms with Crippen LogP contribution in [0.25, 0.3) is 27.9 Å². The van der Waals surface area contributed by atoms with Crippen LogP contribution in [0, 0.1) is 5.41 Å². The molecule has 0 radical (unpaired) electrons. The Balaban J connectivity index is 1.22. The van der Waals surface area contributed by atoms with E-state index in [1.807, 2.05) is 12.1 Å². The van der Waals surface area contributed by atoms with Crippen molar-refractivity contribution in [1.82, 2.24) is 25.3 Å². The van der Waals surface area contributed by atoms with E-state index in [2.05, 4.69) is 96.6 Å². The molecule has 2 aliphatic heterocycles. The zero-order valence-corrected chi connectivity index (χ0v) is 28.4. The lowest BCUT2D eigenvalue weighted by molar-refractivity contribution is 0.291. The molecule has 0 unspecified atom stereocenters. The second kappa shape index (κ2) is 13.2. The number of nitrogens with two attached hydrogens (primary N) is 1. The molecule has 2 saturated heterocycles. The number of rotatable bonds is 9. The van der Waals surface area contributed by atoms with Crippen LogP contribution in [0.2, 0.25) is 0 Å². The number of aromatic nitrogens is 4. The van der Waals surface area contributed by atoms with E-state index in [0.717, 1.165) is 79.1 Å². The Labute approximate surface area is 279 Å². The highest BCUT2D eigenvalue weighted by atomic mass is 15.2. The highest BCUT2D eigenvalue weighted by Gasteiger charge is 2.32. The van der Waals surface area contributed by atoms with E-state index < -0.39 is 0 Å². The van der Waals surface area contributed by atoms with Gasteiger partial charge in [0.15, 0.2) is 11.6 Å². The monoisotopic (exact) mass is 631 g/mol. The Morgan fingerprint density at radius 2 is 1.68 bits per heavy atom. The van der Waals surface area contributed by atoms with Crippen molar-refractivity contribution >= 4 is 39.6 Å². The first-order chi connectivity index (χ1) is 22.5. The smallest absolute Gasteiger partial charge is 0.154 e. The summed E-state index contributed by atoms with van der Waals surface area (Å²) in [5, 5.41) is 9.33. The summed E-state index contributed by atoms with van der Waals surface area (Å²) in [6, 6.07) is 14.6. The fourth-order valence-corrected chi connectivity index (χ4v) is 6.83. The van der Waals surface area contributed by atoms with Gasteiger partial charge >= 0.3 is 0 Å². The zero-order chi connectivity index (χ0) is 33.2. The van der Waals surface area contributed by atoms with Gasteiger partial charge < -0.3 is 26.2 Å². The molecule has 0 aliphatic carbocycles. The van der Waals surface area contributed by atoms with Crippen molar-refractivity contribution < 1.29 is 0 Å². The standard InChI is InChI=1S/C38H49N9/c1-26(24-37(3,4)5)45-38(6)16-21-46(22-17-38)31-15-12-18-40-36(31)42-27(2)33-35(39)41-25-30(43-33)34-29-14-9-8-13-28(29)23-32(44-34)47-19-10-7-11-20-47/h8-9,12-15,18,23,25,45H,1-2,7,10-11,16-17,19-22,24H2,3-6H3,(H2,39,41)(H,40,42). The second-order valence-electron chi connectivity index (χ2n) is 14.6. The average Bonchev–Trinajstić information content (AvgIpc) is 3.04. The first-order valence-corrected chi connectivity index (χ1v) is 16.9. The van der Waals surface area contributed by atoms with Gasteiger partial charge in [-0.25, -0.2) is 19.9 Å². The molecule has 9 heteroatoms. The van der Waals surface area contributed by atoms with E-state index in [1.54, 1.807) is 12.4 Å². The van der Waals surface area contributed by atoms with E-state index in [4.69, 9.17) is 20.7 Å². The Kier molecular flexibility index (Phi) is 9.08. The molecule has 47 heavy (non-hydrogen) atoms. The lowest BCUT2D eigenvalue weighted by Crippen LogP contribution is -2.51. The van der Waals surface area contributed by atoms with E-state index in [1.165, 1.54) is 19.3 Å². The number of allylic oxidation sites excluding steroid dienone is 1. The van der Waals surface area contributed by atoms with Crippen LogP contribution >= 0.6 is 0 Å². The van der Waals surface area contributed by atoms with Crippen molar-refractivity contribution in [2.24, 2.45) is 5.41 Å². The van der Waals surface area contributed by atoms with Gasteiger partial charge in [0.05, 0.1) is 17.6 Å². The van der Waals surface area contributed by atoms with Crippen LogP contribution in [0.3, 0.4) is 0 Å². The van der Waals surface area contributed by atoms with Crippen LogP contribution in [0.15, 0.2) is 73.7 Å². The zero-order valence-electron chi connectivity index (χ0n) is 28.4. The lowest BCUT2D eigenvalue weighted by atomic mass is 9.86. The van der Waals surface area contributed by atoms with E-state index in [-0.39, 0.29) is 11.0 Å². The Hall–Kier alpha value is -4.66. The van der Waals surface area contributed by atoms with E-state index in [9.17, 15) is 0 Å². The van der Waals surface area contributed by atoms with Crippen molar-refractivity contribution in [3.05, 3.63) is 79.4 Å². The maximum Gasteiger partial charge on any atom is 0.154 e. The molecule has 6 rings (SSSR count). The number of hydrogen-bond donors (Lipinski definition) is 3. The fraction of sp³-hybridized carbons (Fsp3) is 0.421. The van der Waals surface area contributed by atoms with Gasteiger partial charge in [0.25, 0.3) is 0 Å². The summed E-state index contributed by atoms with van der Waals surface area (Å²) in [7, 11) is 0. The van der Waals surface area contributed by atoms with Crippen molar-refractivity contribution in [3.8, 4) is 11.4 Å². The molecule has 0 bridgehead atoms. The number of anilines is 4. The highest BCUT2D eigenvalue weighted by Crippen LogP contribution is 2.35. The van der Waals surface area contributed by atoms with Crippen molar-refractivity contribution in [2.45, 2.75) is 71.8 Å². The molecule has 4 aromatic rings. The summed E-state index contributed by atoms with van der Waals surface area (Å²) in [6.45, 7) is 21.5. The van der Waals surface area contributed by atoms with Crippen molar-refractivity contribution in [3.63, 3.8) is 0 Å². The van der Waals surface area contributed by atoms with Gasteiger partial charge in [-0.05, 0) is 74.4 Å². The van der Waals surface area contributed by atoms with Gasteiger partial charge in [0.2, 0.25) is 0 Å². The number of nitrogens with zero attached hydrogens (tertiary/aromatic N) is 6. The third kappa shape index (κ3) is 7.50. The van der Waals surface area contributed by atoms with Gasteiger partial charge in [-0.2, -0.15) is 0 Å². The minimum Gasteiger partial charge on any atom is -0.384 e. The summed E-state index contributed by atoms with van der Waals surface area (Å²) >= 11 is 0. The molecule has 4 N–H and O–H groups in total. The molecular formula is C38H49N9. The largest absolute Gasteiger partial charge is 0.384 e. The number of piperidine rings is 2. The third-order valence-electron chi connectivity index (χ3n) is 9.22. The van der Waals surface area contributed by atoms with Crippen LogP contribution in [0.5, 0.6) is 0 Å². The maximum atomic E-state index is 6.42. The van der Waals surface area contributed by atoms with Gasteiger partial charge in [-0.15, -0.1) is 0 Å². The van der Waals surface area contributed by atoms with Crippen LogP contribution in [-0.4, -0.2) is 51.7 Å². The van der Waals surface area contributed by atoms with E-state index in [0.29, 0.717) is 28.7 Å². The Bertz CT molecular complexity index is 1760. The number of hydrogen-bond acceptors (Lipinski definition) is 9. The number of fused-ring (bicyclic) bond motifs is 1. The van der Waals surface area contributed by atoms with Gasteiger partial charge in [0.1, 0.15) is 22.9 Å². The van der Waals surface area contributed by atoms with Crippen molar-refractivity contribution in [2.75, 3.05) is 47.0 Å². The topological polar surface area (TPSA) is 108 Å². The minimum absolute atomic E-state index is 0.00617. The summed E-state index contributed by atoms with van der Waals surface area (Å²) in [6.07, 6.45) is 10.1. The summed E-state index contributed by atoms with van der Waals surface area (Å²) in [5.41, 5.74) is 11.2. The normalized spacial score (nSPS) is 16.6. The van der Waals surface area contributed by atoms with Gasteiger partial charge in [-0.3, -0.25) is 0 Å². The van der Waals surface area contributed by atoms with Gasteiger partial charge in [-0.1, -0.05) is 58.2 Å². The lowest BCUT2D eigenvalue weighted by Gasteiger charge is -2.42. The van der Waals surface area contributed by atoms with Crippen LogP contribution in [0.4, 0.5) is 23.1 Å². The quantitative estimate of drug-likeness (QED) is 0.172. The predicted molar refractivity (Wildman–Crippen MR) is 196 cm³/mol. The molecule has 246 valence electrons. The molecule has 2 aliphatic rings. The Morgan fingerprint density at radius 1 is 0.936 bits per heavy atom. The first-order valence-electron chi connectivity index (χ1n) is 16.9. The number of pyridine rings is 2. The summed E-state index contributed by atoms with van der Waals surface area (Å²) in [5.74, 6) is 1.99. The van der Waals surface area contributed by atoms with Crippen LogP contribution < -0.4 is 26.2 Å². The average molecular weight is 632 g/mol. The molecule has 0 saturated carbocycles. The van der Waals surface area contributed by atoms with Crippen LogP contribution in [0.1, 0.15) is 71.9 Å². The first kappa shape index (κ1) is 32.3. The molecule has 0 atom stereocenters. The van der Waals surface area contributed by atoms with E-state index >= 15 is 0 Å².